The summed E-state index contributed by atoms with van der Waals surface area (Å²) in [6.07, 6.45) is 0.848. The average molecular weight is 486 g/mol. The molecule has 0 N–H and O–H groups in total. The minimum atomic E-state index is -4.77. The van der Waals surface area contributed by atoms with Crippen molar-refractivity contribution in [3.8, 4) is 11.8 Å². The van der Waals surface area contributed by atoms with Gasteiger partial charge in [-0.3, -0.25) is 4.79 Å². The summed E-state index contributed by atoms with van der Waals surface area (Å²) in [7, 11) is 0. The highest BCUT2D eigenvalue weighted by Gasteiger charge is 2.44. The molecule has 2 atom stereocenters. The summed E-state index contributed by atoms with van der Waals surface area (Å²) in [5.41, 5.74) is 0.330. The number of alkyl halides is 3. The molecule has 2 aromatic rings. The van der Waals surface area contributed by atoms with E-state index < -0.39 is 12.0 Å². The third-order valence-corrected chi connectivity index (χ3v) is 7.20. The maximum atomic E-state index is 13.1. The number of anilines is 1. The summed E-state index contributed by atoms with van der Waals surface area (Å²) in [4.78, 5) is 21.6. The fourth-order valence-electron chi connectivity index (χ4n) is 5.37. The molecule has 1 aromatic carbocycles. The number of halogens is 3. The Bertz CT molecular complexity index is 1110. The number of hydrogen-bond acceptors (Lipinski definition) is 6. The number of carbonyl (C=O) groups is 1. The van der Waals surface area contributed by atoms with Crippen LogP contribution in [0.1, 0.15) is 43.2 Å². The van der Waals surface area contributed by atoms with Crippen molar-refractivity contribution in [3.05, 3.63) is 53.7 Å². The Hall–Kier alpha value is -3.32. The zero-order chi connectivity index (χ0) is 24.6. The number of likely N-dealkylation sites (tertiary alicyclic amines) is 1. The number of fused-ring (bicyclic) bond motifs is 2. The lowest BCUT2D eigenvalue weighted by molar-refractivity contribution is -0.274. The van der Waals surface area contributed by atoms with E-state index in [0.717, 1.165) is 25.1 Å². The van der Waals surface area contributed by atoms with E-state index in [1.165, 1.54) is 18.2 Å². The molecular weight excluding hydrogens is 461 g/mol. The van der Waals surface area contributed by atoms with Crippen LogP contribution in [0.4, 0.5) is 19.0 Å². The van der Waals surface area contributed by atoms with Gasteiger partial charge in [0.1, 0.15) is 24.2 Å². The quantitative estimate of drug-likeness (QED) is 0.611. The molecule has 3 aliphatic rings. The molecule has 7 nitrogen and oxygen atoms in total. The number of hydrogen-bond donors (Lipinski definition) is 0. The van der Waals surface area contributed by atoms with Gasteiger partial charge in [0.05, 0.1) is 11.2 Å². The lowest BCUT2D eigenvalue weighted by Gasteiger charge is -2.44. The predicted molar refractivity (Wildman–Crippen MR) is 119 cm³/mol. The largest absolute Gasteiger partial charge is 0.573 e. The van der Waals surface area contributed by atoms with Crippen LogP contribution in [-0.2, 0) is 15.1 Å². The minimum Gasteiger partial charge on any atom is -0.406 e. The van der Waals surface area contributed by atoms with Crippen LogP contribution in [0.15, 0.2) is 42.6 Å². The second kappa shape index (κ2) is 9.04. The summed E-state index contributed by atoms with van der Waals surface area (Å²) >= 11 is 0. The molecular formula is C25H25F3N4O3. The summed E-state index contributed by atoms with van der Waals surface area (Å²) in [5, 5.41) is 9.00. The van der Waals surface area contributed by atoms with Gasteiger partial charge in [0.2, 0.25) is 5.91 Å². The molecule has 0 radical (unpaired) electrons. The molecule has 1 saturated carbocycles. The Kier molecular flexibility index (Phi) is 6.05. The summed E-state index contributed by atoms with van der Waals surface area (Å²) in [6, 6.07) is 11.8. The number of rotatable bonds is 6. The van der Waals surface area contributed by atoms with Crippen LogP contribution in [-0.4, -0.2) is 53.9 Å². The van der Waals surface area contributed by atoms with E-state index in [1.807, 2.05) is 11.0 Å². The molecule has 35 heavy (non-hydrogen) atoms. The highest BCUT2D eigenvalue weighted by atomic mass is 19.4. The van der Waals surface area contributed by atoms with Crippen LogP contribution < -0.4 is 9.64 Å². The van der Waals surface area contributed by atoms with E-state index in [9.17, 15) is 18.0 Å². The van der Waals surface area contributed by atoms with E-state index in [0.29, 0.717) is 37.1 Å². The highest BCUT2D eigenvalue weighted by molar-refractivity contribution is 5.78. The van der Waals surface area contributed by atoms with Gasteiger partial charge >= 0.3 is 6.36 Å². The second-order valence-corrected chi connectivity index (χ2v) is 9.32. The number of benzene rings is 1. The number of amides is 1. The molecule has 3 heterocycles. The standard InChI is InChI=1S/C25H25F3N4O3/c26-25(27,28)35-21-4-1-3-18(11-21)24(9-2-10-24)34-16-23(33)31-14-19-6-7-20(15-31)32(19)22-8-5-17(12-29)13-30-22/h1,3-5,8,11,13,19-20H,2,6-7,9-10,14-16H2. The molecule has 1 aromatic heterocycles. The van der Waals surface area contributed by atoms with E-state index in [1.54, 1.807) is 18.3 Å². The van der Waals surface area contributed by atoms with Gasteiger partial charge in [0, 0.05) is 31.4 Å². The van der Waals surface area contributed by atoms with E-state index in [4.69, 9.17) is 10.00 Å². The monoisotopic (exact) mass is 486 g/mol. The third-order valence-electron chi connectivity index (χ3n) is 7.20. The van der Waals surface area contributed by atoms with Crippen molar-refractivity contribution in [3.63, 3.8) is 0 Å². The van der Waals surface area contributed by atoms with Gasteiger partial charge in [-0.05, 0) is 61.9 Å². The van der Waals surface area contributed by atoms with Gasteiger partial charge < -0.3 is 19.3 Å². The molecule has 5 rings (SSSR count). The number of nitriles is 1. The van der Waals surface area contributed by atoms with Gasteiger partial charge in [0.15, 0.2) is 0 Å². The number of piperazine rings is 1. The number of carbonyl (C=O) groups excluding carboxylic acids is 1. The third kappa shape index (κ3) is 4.78. The fraction of sp³-hybridized carbons (Fsp3) is 0.480. The van der Waals surface area contributed by atoms with Crippen molar-refractivity contribution in [2.24, 2.45) is 0 Å². The van der Waals surface area contributed by atoms with E-state index >= 15 is 0 Å². The first-order valence-corrected chi connectivity index (χ1v) is 11.7. The van der Waals surface area contributed by atoms with Crippen molar-refractivity contribution < 1.29 is 27.4 Å². The molecule has 2 aliphatic heterocycles. The lowest BCUT2D eigenvalue weighted by Crippen LogP contribution is -2.56. The molecule has 1 aliphatic carbocycles. The van der Waals surface area contributed by atoms with Crippen LogP contribution in [0.5, 0.6) is 5.75 Å². The smallest absolute Gasteiger partial charge is 0.406 e. The molecule has 10 heteroatoms. The van der Waals surface area contributed by atoms with Crippen LogP contribution in [0, 0.1) is 11.3 Å². The number of aromatic nitrogens is 1. The Labute approximate surface area is 201 Å². The second-order valence-electron chi connectivity index (χ2n) is 9.32. The Morgan fingerprint density at radius 3 is 2.49 bits per heavy atom. The molecule has 2 saturated heterocycles. The number of ether oxygens (including phenoxy) is 2. The maximum Gasteiger partial charge on any atom is 0.573 e. The SMILES string of the molecule is N#Cc1ccc(N2C3CCC2CN(C(=O)COC2(c4cccc(OC(F)(F)F)c4)CCC2)C3)nc1. The highest BCUT2D eigenvalue weighted by Crippen LogP contribution is 2.46. The van der Waals surface area contributed by atoms with Crippen molar-refractivity contribution in [2.75, 3.05) is 24.6 Å². The van der Waals surface area contributed by atoms with Gasteiger partial charge in [-0.1, -0.05) is 12.1 Å². The van der Waals surface area contributed by atoms with Gasteiger partial charge in [-0.15, -0.1) is 13.2 Å². The fourth-order valence-corrected chi connectivity index (χ4v) is 5.37. The molecule has 0 spiro atoms. The molecule has 1 amide bonds. The first-order valence-electron chi connectivity index (χ1n) is 11.7. The normalized spacial score (nSPS) is 22.9. The van der Waals surface area contributed by atoms with Crippen molar-refractivity contribution >= 4 is 11.7 Å². The van der Waals surface area contributed by atoms with Crippen LogP contribution in [0.25, 0.3) is 0 Å². The first-order chi connectivity index (χ1) is 16.8. The van der Waals surface area contributed by atoms with E-state index in [2.05, 4.69) is 20.7 Å². The molecule has 184 valence electrons. The Morgan fingerprint density at radius 1 is 1.17 bits per heavy atom. The predicted octanol–water partition coefficient (Wildman–Crippen LogP) is 4.13. The molecule has 3 fully saturated rings. The lowest BCUT2D eigenvalue weighted by atomic mass is 9.75. The zero-order valence-electron chi connectivity index (χ0n) is 19.0. The van der Waals surface area contributed by atoms with Crippen LogP contribution in [0.2, 0.25) is 0 Å². The van der Waals surface area contributed by atoms with E-state index in [-0.39, 0.29) is 30.3 Å². The Balaban J connectivity index is 1.22. The molecule has 2 unspecified atom stereocenters. The average Bonchev–Trinajstić information content (AvgIpc) is 3.06. The summed E-state index contributed by atoms with van der Waals surface area (Å²) in [5.74, 6) is 0.401. The van der Waals surface area contributed by atoms with Crippen molar-refractivity contribution in [2.45, 2.75) is 56.2 Å². The molecule has 2 bridgehead atoms. The zero-order valence-corrected chi connectivity index (χ0v) is 19.0. The summed E-state index contributed by atoms with van der Waals surface area (Å²) in [6.45, 7) is 0.990. The summed E-state index contributed by atoms with van der Waals surface area (Å²) < 4.78 is 48.1. The van der Waals surface area contributed by atoms with Crippen molar-refractivity contribution in [1.29, 1.82) is 5.26 Å². The number of nitrogens with zero attached hydrogens (tertiary/aromatic N) is 4. The maximum absolute atomic E-state index is 13.1. The van der Waals surface area contributed by atoms with Gasteiger partial charge in [-0.2, -0.15) is 5.26 Å². The minimum absolute atomic E-state index is 0.122. The Morgan fingerprint density at radius 2 is 1.91 bits per heavy atom. The topological polar surface area (TPSA) is 78.7 Å². The van der Waals surface area contributed by atoms with Gasteiger partial charge in [-0.25, -0.2) is 4.98 Å². The van der Waals surface area contributed by atoms with Crippen LogP contribution >= 0.6 is 0 Å². The first kappa shape index (κ1) is 23.4. The van der Waals surface area contributed by atoms with Crippen molar-refractivity contribution in [1.82, 2.24) is 9.88 Å². The number of pyridine rings is 1. The van der Waals surface area contributed by atoms with Gasteiger partial charge in [0.25, 0.3) is 0 Å². The van der Waals surface area contributed by atoms with Crippen LogP contribution in [0.3, 0.4) is 0 Å².